The minimum atomic E-state index is -0.623. The molecule has 0 aliphatic heterocycles. The van der Waals surface area contributed by atoms with E-state index in [0.717, 1.165) is 25.7 Å². The second-order valence-electron chi connectivity index (χ2n) is 3.87. The number of aliphatic hydroxyl groups excluding tert-OH is 2. The van der Waals surface area contributed by atoms with Crippen LogP contribution in [0.25, 0.3) is 0 Å². The van der Waals surface area contributed by atoms with Gasteiger partial charge in [-0.2, -0.15) is 0 Å². The first kappa shape index (κ1) is 15.8. The molecule has 16 heavy (non-hydrogen) atoms. The van der Waals surface area contributed by atoms with Crippen LogP contribution in [0.2, 0.25) is 0 Å². The third-order valence-electron chi connectivity index (χ3n) is 1.95. The third kappa shape index (κ3) is 13.8. The predicted molar refractivity (Wildman–Crippen MR) is 62.8 cm³/mol. The van der Waals surface area contributed by atoms with Crippen molar-refractivity contribution in [2.24, 2.45) is 0 Å². The fourth-order valence-electron chi connectivity index (χ4n) is 1.20. The van der Waals surface area contributed by atoms with Gasteiger partial charge in [-0.3, -0.25) is 0 Å². The highest BCUT2D eigenvalue weighted by Gasteiger charge is 1.97. The van der Waals surface area contributed by atoms with E-state index in [9.17, 15) is 0 Å². The number of unbranched alkanes of at least 4 members (excludes halogenated alkanes) is 3. The van der Waals surface area contributed by atoms with Gasteiger partial charge in [0.15, 0.2) is 0 Å². The summed E-state index contributed by atoms with van der Waals surface area (Å²) in [6, 6.07) is 0. The van der Waals surface area contributed by atoms with Crippen molar-refractivity contribution in [3.05, 3.63) is 13.8 Å². The van der Waals surface area contributed by atoms with Crippen LogP contribution in [-0.4, -0.2) is 48.8 Å². The fraction of sp³-hybridized carbons (Fsp3) is 0.833. The zero-order valence-corrected chi connectivity index (χ0v) is 9.94. The third-order valence-corrected chi connectivity index (χ3v) is 1.95. The van der Waals surface area contributed by atoms with Gasteiger partial charge in [-0.05, 0) is 26.7 Å². The van der Waals surface area contributed by atoms with Gasteiger partial charge in [0.2, 0.25) is 0 Å². The number of hydrogen-bond acceptors (Lipinski definition) is 4. The highest BCUT2D eigenvalue weighted by Crippen LogP contribution is 2.01. The first-order valence-electron chi connectivity index (χ1n) is 5.80. The molecule has 0 aliphatic rings. The minimum absolute atomic E-state index is 0.310. The summed E-state index contributed by atoms with van der Waals surface area (Å²) >= 11 is 0. The molecule has 0 saturated heterocycles. The van der Waals surface area contributed by atoms with Gasteiger partial charge in [0.05, 0.1) is 25.4 Å². The van der Waals surface area contributed by atoms with Gasteiger partial charge in [0.1, 0.15) is 0 Å². The lowest BCUT2D eigenvalue weighted by atomic mass is 10.2. The molecule has 0 aromatic carbocycles. The average Bonchev–Trinajstić information content (AvgIpc) is 2.20. The lowest BCUT2D eigenvalue weighted by molar-refractivity contribution is 0.0519. The zero-order chi connectivity index (χ0) is 12.2. The Bertz CT molecular complexity index is 121. The van der Waals surface area contributed by atoms with E-state index < -0.39 is 12.2 Å². The largest absolute Gasteiger partial charge is 0.391 e. The van der Waals surface area contributed by atoms with Gasteiger partial charge in [0.25, 0.3) is 0 Å². The fourth-order valence-corrected chi connectivity index (χ4v) is 1.20. The van der Waals surface area contributed by atoms with Crippen molar-refractivity contribution >= 4 is 0 Å². The molecule has 4 heteroatoms. The molecule has 0 aromatic rings. The van der Waals surface area contributed by atoms with Crippen molar-refractivity contribution in [3.63, 3.8) is 0 Å². The summed E-state index contributed by atoms with van der Waals surface area (Å²) in [5.74, 6) is 0. The molecule has 0 rings (SSSR count). The Morgan fingerprint density at radius 2 is 1.12 bits per heavy atom. The van der Waals surface area contributed by atoms with E-state index in [0.29, 0.717) is 26.4 Å². The van der Waals surface area contributed by atoms with Gasteiger partial charge in [-0.25, -0.2) is 0 Å². The van der Waals surface area contributed by atoms with E-state index in [2.05, 4.69) is 13.8 Å². The SMILES string of the molecule is [CH2]C(O)COCCCCCCOCC([CH2])O. The lowest BCUT2D eigenvalue weighted by Gasteiger charge is -2.07. The quantitative estimate of drug-likeness (QED) is 0.521. The van der Waals surface area contributed by atoms with E-state index in [-0.39, 0.29) is 0 Å². The molecular formula is C12H24O4. The number of rotatable bonds is 11. The summed E-state index contributed by atoms with van der Waals surface area (Å²) in [5, 5.41) is 17.6. The smallest absolute Gasteiger partial charge is 0.0774 e. The highest BCUT2D eigenvalue weighted by atomic mass is 16.5. The molecule has 2 unspecified atom stereocenters. The maximum atomic E-state index is 8.82. The standard InChI is InChI=1S/C12H24O4/c1-11(13)9-15-7-5-3-4-6-8-16-10-12(2)14/h11-14H,1-10H2. The molecule has 0 aromatic heterocycles. The van der Waals surface area contributed by atoms with Gasteiger partial charge in [0, 0.05) is 13.2 Å². The molecule has 0 saturated carbocycles. The first-order valence-corrected chi connectivity index (χ1v) is 5.80. The van der Waals surface area contributed by atoms with Crippen molar-refractivity contribution in [2.45, 2.75) is 37.9 Å². The molecule has 96 valence electrons. The van der Waals surface area contributed by atoms with E-state index in [1.807, 2.05) is 0 Å². The molecule has 0 heterocycles. The second kappa shape index (κ2) is 11.3. The Balaban J connectivity index is 2.93. The maximum Gasteiger partial charge on any atom is 0.0774 e. The predicted octanol–water partition coefficient (Wildman–Crippen LogP) is 0.970. The Hall–Kier alpha value is -0.160. The number of hydrogen-bond donors (Lipinski definition) is 2. The summed E-state index contributed by atoms with van der Waals surface area (Å²) in [7, 11) is 0. The normalized spacial score (nSPS) is 15.0. The molecule has 0 amide bonds. The van der Waals surface area contributed by atoms with Crippen molar-refractivity contribution in [3.8, 4) is 0 Å². The monoisotopic (exact) mass is 232 g/mol. The van der Waals surface area contributed by atoms with Crippen LogP contribution in [0.3, 0.4) is 0 Å². The molecule has 0 fully saturated rings. The van der Waals surface area contributed by atoms with Crippen LogP contribution in [0.5, 0.6) is 0 Å². The molecule has 2 radical (unpaired) electrons. The summed E-state index contributed by atoms with van der Waals surface area (Å²) < 4.78 is 10.3. The Kier molecular flexibility index (Phi) is 11.2. The zero-order valence-electron chi connectivity index (χ0n) is 9.94. The summed E-state index contributed by atoms with van der Waals surface area (Å²) in [5.41, 5.74) is 0. The van der Waals surface area contributed by atoms with E-state index in [1.54, 1.807) is 0 Å². The van der Waals surface area contributed by atoms with Crippen LogP contribution in [0.15, 0.2) is 0 Å². The van der Waals surface area contributed by atoms with Crippen molar-refractivity contribution in [2.75, 3.05) is 26.4 Å². The van der Waals surface area contributed by atoms with Crippen LogP contribution >= 0.6 is 0 Å². The minimum Gasteiger partial charge on any atom is -0.391 e. The Morgan fingerprint density at radius 1 is 0.750 bits per heavy atom. The molecule has 0 aliphatic carbocycles. The van der Waals surface area contributed by atoms with Gasteiger partial charge >= 0.3 is 0 Å². The molecule has 2 atom stereocenters. The maximum absolute atomic E-state index is 8.82. The van der Waals surface area contributed by atoms with Crippen LogP contribution in [0, 0.1) is 13.8 Å². The lowest BCUT2D eigenvalue weighted by Crippen LogP contribution is -2.11. The molecule has 4 nitrogen and oxygen atoms in total. The second-order valence-corrected chi connectivity index (χ2v) is 3.87. The van der Waals surface area contributed by atoms with Crippen molar-refractivity contribution < 1.29 is 19.7 Å². The Morgan fingerprint density at radius 3 is 1.44 bits per heavy atom. The van der Waals surface area contributed by atoms with Crippen LogP contribution in [0.1, 0.15) is 25.7 Å². The topological polar surface area (TPSA) is 58.9 Å². The van der Waals surface area contributed by atoms with Crippen molar-refractivity contribution in [1.82, 2.24) is 0 Å². The van der Waals surface area contributed by atoms with Crippen LogP contribution < -0.4 is 0 Å². The summed E-state index contributed by atoms with van der Waals surface area (Å²) in [6.45, 7) is 8.78. The van der Waals surface area contributed by atoms with Crippen LogP contribution in [0.4, 0.5) is 0 Å². The Labute approximate surface area is 98.6 Å². The molecule has 0 spiro atoms. The van der Waals surface area contributed by atoms with Crippen LogP contribution in [-0.2, 0) is 9.47 Å². The first-order chi connectivity index (χ1) is 7.63. The number of aliphatic hydroxyl groups is 2. The van der Waals surface area contributed by atoms with Crippen molar-refractivity contribution in [1.29, 1.82) is 0 Å². The van der Waals surface area contributed by atoms with E-state index in [4.69, 9.17) is 19.7 Å². The van der Waals surface area contributed by atoms with E-state index in [1.165, 1.54) is 0 Å². The van der Waals surface area contributed by atoms with E-state index >= 15 is 0 Å². The summed E-state index contributed by atoms with van der Waals surface area (Å²) in [6.07, 6.45) is 2.91. The highest BCUT2D eigenvalue weighted by molar-refractivity contribution is 4.54. The van der Waals surface area contributed by atoms with Gasteiger partial charge < -0.3 is 19.7 Å². The average molecular weight is 232 g/mol. The van der Waals surface area contributed by atoms with Gasteiger partial charge in [-0.15, -0.1) is 0 Å². The van der Waals surface area contributed by atoms with Gasteiger partial charge in [-0.1, -0.05) is 12.8 Å². The number of ether oxygens (including phenoxy) is 2. The molecule has 0 bridgehead atoms. The molecular weight excluding hydrogens is 208 g/mol. The molecule has 2 N–H and O–H groups in total. The summed E-state index contributed by atoms with van der Waals surface area (Å²) in [4.78, 5) is 0.